The zero-order valence-corrected chi connectivity index (χ0v) is 14.1. The Morgan fingerprint density at radius 2 is 2.08 bits per heavy atom. The van der Waals surface area contributed by atoms with Crippen molar-refractivity contribution in [2.75, 3.05) is 13.2 Å². The molecule has 126 valence electrons. The lowest BCUT2D eigenvalue weighted by Gasteiger charge is -2.31. The maximum atomic E-state index is 8.91. The molecular weight excluding hydrogens is 300 g/mol. The van der Waals surface area contributed by atoms with E-state index in [0.29, 0.717) is 11.5 Å². The van der Waals surface area contributed by atoms with Gasteiger partial charge in [0.25, 0.3) is 0 Å². The fourth-order valence-corrected chi connectivity index (χ4v) is 3.31. The molecule has 1 atom stereocenters. The molecule has 0 amide bonds. The SMILES string of the molecule is CCn1ccnc1[C@H](NCc1ccc(C#N)cc1)C1CCOCC1. The van der Waals surface area contributed by atoms with Crippen molar-refractivity contribution in [3.63, 3.8) is 0 Å². The third kappa shape index (κ3) is 3.84. The lowest BCUT2D eigenvalue weighted by molar-refractivity contribution is 0.0517. The second kappa shape index (κ2) is 8.09. The molecule has 1 fully saturated rings. The lowest BCUT2D eigenvalue weighted by atomic mass is 9.91. The Morgan fingerprint density at radius 1 is 1.33 bits per heavy atom. The van der Waals surface area contributed by atoms with Crippen molar-refractivity contribution in [3.05, 3.63) is 53.6 Å². The number of rotatable bonds is 6. The summed E-state index contributed by atoms with van der Waals surface area (Å²) in [5, 5.41) is 12.6. The summed E-state index contributed by atoms with van der Waals surface area (Å²) in [7, 11) is 0. The molecule has 2 aromatic rings. The number of aromatic nitrogens is 2. The summed E-state index contributed by atoms with van der Waals surface area (Å²) in [5.74, 6) is 1.64. The molecule has 0 bridgehead atoms. The number of aryl methyl sites for hydroxylation is 1. The molecule has 1 aromatic carbocycles. The number of ether oxygens (including phenoxy) is 1. The second-order valence-corrected chi connectivity index (χ2v) is 6.19. The van der Waals surface area contributed by atoms with E-state index in [2.05, 4.69) is 27.9 Å². The van der Waals surface area contributed by atoms with E-state index in [-0.39, 0.29) is 6.04 Å². The van der Waals surface area contributed by atoms with Crippen LogP contribution in [0.5, 0.6) is 0 Å². The van der Waals surface area contributed by atoms with Crippen molar-refractivity contribution in [3.8, 4) is 6.07 Å². The first kappa shape index (κ1) is 16.7. The Labute approximate surface area is 143 Å². The molecule has 1 saturated heterocycles. The molecule has 5 heteroatoms. The first-order valence-electron chi connectivity index (χ1n) is 8.63. The molecule has 1 aliphatic rings. The number of hydrogen-bond acceptors (Lipinski definition) is 4. The minimum absolute atomic E-state index is 0.222. The van der Waals surface area contributed by atoms with E-state index in [1.54, 1.807) is 0 Å². The smallest absolute Gasteiger partial charge is 0.126 e. The summed E-state index contributed by atoms with van der Waals surface area (Å²) in [6, 6.07) is 10.1. The maximum Gasteiger partial charge on any atom is 0.126 e. The average molecular weight is 324 g/mol. The van der Waals surface area contributed by atoms with Gasteiger partial charge in [0.15, 0.2) is 0 Å². The van der Waals surface area contributed by atoms with Crippen LogP contribution in [-0.4, -0.2) is 22.8 Å². The number of benzene rings is 1. The van der Waals surface area contributed by atoms with Crippen molar-refractivity contribution >= 4 is 0 Å². The van der Waals surface area contributed by atoms with Crippen LogP contribution in [-0.2, 0) is 17.8 Å². The summed E-state index contributed by atoms with van der Waals surface area (Å²) in [5.41, 5.74) is 1.88. The predicted octanol–water partition coefficient (Wildman–Crippen LogP) is 3.03. The molecule has 24 heavy (non-hydrogen) atoms. The van der Waals surface area contributed by atoms with E-state index < -0.39 is 0 Å². The number of hydrogen-bond donors (Lipinski definition) is 1. The Morgan fingerprint density at radius 3 is 2.75 bits per heavy atom. The Bertz CT molecular complexity index is 680. The van der Waals surface area contributed by atoms with Crippen LogP contribution < -0.4 is 5.32 Å². The molecule has 0 saturated carbocycles. The highest BCUT2D eigenvalue weighted by atomic mass is 16.5. The van der Waals surface area contributed by atoms with Gasteiger partial charge >= 0.3 is 0 Å². The number of nitrogens with zero attached hydrogens (tertiary/aromatic N) is 3. The fourth-order valence-electron chi connectivity index (χ4n) is 3.31. The third-order valence-corrected chi connectivity index (χ3v) is 4.71. The highest BCUT2D eigenvalue weighted by molar-refractivity contribution is 5.31. The third-order valence-electron chi connectivity index (χ3n) is 4.71. The minimum atomic E-state index is 0.222. The summed E-state index contributed by atoms with van der Waals surface area (Å²) < 4.78 is 7.74. The van der Waals surface area contributed by atoms with Crippen molar-refractivity contribution in [1.29, 1.82) is 5.26 Å². The highest BCUT2D eigenvalue weighted by Gasteiger charge is 2.28. The Balaban J connectivity index is 1.75. The summed E-state index contributed by atoms with van der Waals surface area (Å²) in [4.78, 5) is 4.62. The number of nitriles is 1. The van der Waals surface area contributed by atoms with Crippen LogP contribution in [0.3, 0.4) is 0 Å². The van der Waals surface area contributed by atoms with Crippen LogP contribution in [0.2, 0.25) is 0 Å². The minimum Gasteiger partial charge on any atom is -0.381 e. The number of imidazole rings is 1. The largest absolute Gasteiger partial charge is 0.381 e. The maximum absolute atomic E-state index is 8.91. The van der Waals surface area contributed by atoms with Gasteiger partial charge in [-0.15, -0.1) is 0 Å². The quantitative estimate of drug-likeness (QED) is 0.887. The molecule has 1 aromatic heterocycles. The van der Waals surface area contributed by atoms with E-state index in [1.165, 1.54) is 5.56 Å². The van der Waals surface area contributed by atoms with E-state index >= 15 is 0 Å². The van der Waals surface area contributed by atoms with Crippen molar-refractivity contribution in [2.45, 2.75) is 38.9 Å². The van der Waals surface area contributed by atoms with Gasteiger partial charge in [0, 0.05) is 38.7 Å². The predicted molar refractivity (Wildman–Crippen MR) is 92.2 cm³/mol. The molecule has 5 nitrogen and oxygen atoms in total. The molecule has 0 spiro atoms. The average Bonchev–Trinajstić information content (AvgIpc) is 3.12. The number of nitrogens with one attached hydrogen (secondary N) is 1. The van der Waals surface area contributed by atoms with Crippen LogP contribution in [0.4, 0.5) is 0 Å². The lowest BCUT2D eigenvalue weighted by Crippen LogP contribution is -2.33. The Hall–Kier alpha value is -2.16. The molecule has 1 N–H and O–H groups in total. The molecule has 3 rings (SSSR count). The van der Waals surface area contributed by atoms with Gasteiger partial charge in [0.2, 0.25) is 0 Å². The van der Waals surface area contributed by atoms with E-state index in [0.717, 1.165) is 45.0 Å². The highest BCUT2D eigenvalue weighted by Crippen LogP contribution is 2.29. The standard InChI is InChI=1S/C19H24N4O/c1-2-23-10-9-21-19(23)18(17-7-11-24-12-8-17)22-14-16-5-3-15(13-20)4-6-16/h3-6,9-10,17-18,22H,2,7-8,11-12,14H2,1H3/t18-/m1/s1. The van der Waals surface area contributed by atoms with Crippen LogP contribution in [0.25, 0.3) is 0 Å². The van der Waals surface area contributed by atoms with E-state index in [9.17, 15) is 0 Å². The van der Waals surface area contributed by atoms with Crippen molar-refractivity contribution in [2.24, 2.45) is 5.92 Å². The van der Waals surface area contributed by atoms with Crippen LogP contribution >= 0.6 is 0 Å². The molecule has 2 heterocycles. The molecule has 1 aliphatic heterocycles. The second-order valence-electron chi connectivity index (χ2n) is 6.19. The van der Waals surface area contributed by atoms with Crippen LogP contribution in [0.15, 0.2) is 36.7 Å². The van der Waals surface area contributed by atoms with Gasteiger partial charge in [-0.25, -0.2) is 4.98 Å². The topological polar surface area (TPSA) is 62.9 Å². The van der Waals surface area contributed by atoms with Gasteiger partial charge < -0.3 is 14.6 Å². The first-order chi connectivity index (χ1) is 11.8. The zero-order chi connectivity index (χ0) is 16.8. The Kier molecular flexibility index (Phi) is 5.63. The first-order valence-corrected chi connectivity index (χ1v) is 8.63. The van der Waals surface area contributed by atoms with Gasteiger partial charge in [-0.1, -0.05) is 12.1 Å². The van der Waals surface area contributed by atoms with Gasteiger partial charge in [-0.2, -0.15) is 5.26 Å². The van der Waals surface area contributed by atoms with Crippen LogP contribution in [0.1, 0.15) is 42.8 Å². The molecule has 0 radical (unpaired) electrons. The molecule has 0 unspecified atom stereocenters. The van der Waals surface area contributed by atoms with Crippen LogP contribution in [0, 0.1) is 17.2 Å². The summed E-state index contributed by atoms with van der Waals surface area (Å²) >= 11 is 0. The summed E-state index contributed by atoms with van der Waals surface area (Å²) in [6.45, 7) is 5.49. The van der Waals surface area contributed by atoms with E-state index in [4.69, 9.17) is 10.00 Å². The zero-order valence-electron chi connectivity index (χ0n) is 14.1. The molecule has 0 aliphatic carbocycles. The molecular formula is C19H24N4O. The normalized spacial score (nSPS) is 16.7. The summed E-state index contributed by atoms with van der Waals surface area (Å²) in [6.07, 6.45) is 6.04. The fraction of sp³-hybridized carbons (Fsp3) is 0.474. The van der Waals surface area contributed by atoms with Gasteiger partial charge in [0.1, 0.15) is 5.82 Å². The van der Waals surface area contributed by atoms with Crippen molar-refractivity contribution in [1.82, 2.24) is 14.9 Å². The van der Waals surface area contributed by atoms with Gasteiger partial charge in [-0.3, -0.25) is 0 Å². The van der Waals surface area contributed by atoms with Gasteiger partial charge in [-0.05, 0) is 43.4 Å². The van der Waals surface area contributed by atoms with Gasteiger partial charge in [0.05, 0.1) is 17.7 Å². The van der Waals surface area contributed by atoms with Crippen molar-refractivity contribution < 1.29 is 4.74 Å². The monoisotopic (exact) mass is 324 g/mol. The van der Waals surface area contributed by atoms with E-state index in [1.807, 2.05) is 36.7 Å².